The lowest BCUT2D eigenvalue weighted by Gasteiger charge is -2.38. The first-order valence-electron chi connectivity index (χ1n) is 10.7. The van der Waals surface area contributed by atoms with Crippen molar-refractivity contribution in [1.29, 1.82) is 0 Å². The summed E-state index contributed by atoms with van der Waals surface area (Å²) in [4.78, 5) is 17.2. The summed E-state index contributed by atoms with van der Waals surface area (Å²) in [5.74, 6) is 1.47. The zero-order chi connectivity index (χ0) is 18.8. The highest BCUT2D eigenvalue weighted by Crippen LogP contribution is 2.19. The predicted molar refractivity (Wildman–Crippen MR) is 106 cm³/mol. The first-order chi connectivity index (χ1) is 12.6. The van der Waals surface area contributed by atoms with Crippen LogP contribution in [0.3, 0.4) is 0 Å². The average Bonchev–Trinajstić information content (AvgIpc) is 2.67. The van der Waals surface area contributed by atoms with Crippen LogP contribution < -0.4 is 10.6 Å². The quantitative estimate of drug-likeness (QED) is 0.655. The maximum Gasteiger partial charge on any atom is 0.314 e. The number of piperidine rings is 1. The number of amides is 2. The molecule has 0 aliphatic carbocycles. The molecule has 0 saturated carbocycles. The van der Waals surface area contributed by atoms with E-state index in [9.17, 15) is 4.79 Å². The van der Waals surface area contributed by atoms with Gasteiger partial charge in [-0.2, -0.15) is 0 Å². The van der Waals surface area contributed by atoms with E-state index in [0.29, 0.717) is 12.0 Å². The van der Waals surface area contributed by atoms with Gasteiger partial charge in [0.2, 0.25) is 0 Å². The van der Waals surface area contributed by atoms with Gasteiger partial charge in [-0.25, -0.2) is 4.79 Å². The summed E-state index contributed by atoms with van der Waals surface area (Å²) < 4.78 is 5.49. The van der Waals surface area contributed by atoms with Crippen molar-refractivity contribution in [3.8, 4) is 0 Å². The molecule has 2 fully saturated rings. The molecule has 2 aliphatic heterocycles. The van der Waals surface area contributed by atoms with Crippen LogP contribution in [-0.2, 0) is 4.74 Å². The largest absolute Gasteiger partial charge is 0.379 e. The van der Waals surface area contributed by atoms with Crippen LogP contribution in [0.1, 0.15) is 46.5 Å². The van der Waals surface area contributed by atoms with E-state index in [4.69, 9.17) is 4.74 Å². The molecule has 0 aromatic heterocycles. The molecule has 0 radical (unpaired) electrons. The third kappa shape index (κ3) is 7.05. The van der Waals surface area contributed by atoms with Crippen molar-refractivity contribution in [2.75, 3.05) is 59.0 Å². The molecule has 0 spiro atoms. The maximum absolute atomic E-state index is 12.2. The SMILES string of the molecule is CCC(CC)C(CNC(=O)NCCN1CCC(C)CC1)N1CCOCC1. The van der Waals surface area contributed by atoms with Gasteiger partial charge < -0.3 is 20.3 Å². The molecule has 2 heterocycles. The summed E-state index contributed by atoms with van der Waals surface area (Å²) in [6, 6.07) is 0.378. The molecule has 152 valence electrons. The Hall–Kier alpha value is -0.850. The van der Waals surface area contributed by atoms with Crippen LogP contribution in [0.25, 0.3) is 0 Å². The molecule has 2 saturated heterocycles. The van der Waals surface area contributed by atoms with Crippen molar-refractivity contribution in [3.63, 3.8) is 0 Å². The number of ether oxygens (including phenoxy) is 1. The van der Waals surface area contributed by atoms with E-state index < -0.39 is 0 Å². The highest BCUT2D eigenvalue weighted by molar-refractivity contribution is 5.73. The molecule has 1 atom stereocenters. The second kappa shape index (κ2) is 11.8. The summed E-state index contributed by atoms with van der Waals surface area (Å²) in [5.41, 5.74) is 0. The summed E-state index contributed by atoms with van der Waals surface area (Å²) >= 11 is 0. The molecule has 26 heavy (non-hydrogen) atoms. The fourth-order valence-electron chi connectivity index (χ4n) is 4.21. The van der Waals surface area contributed by atoms with E-state index in [2.05, 4.69) is 41.2 Å². The third-order valence-corrected chi connectivity index (χ3v) is 6.17. The van der Waals surface area contributed by atoms with Crippen molar-refractivity contribution in [2.24, 2.45) is 11.8 Å². The van der Waals surface area contributed by atoms with Gasteiger partial charge in [-0.15, -0.1) is 0 Å². The van der Waals surface area contributed by atoms with Gasteiger partial charge in [-0.05, 0) is 37.8 Å². The van der Waals surface area contributed by atoms with E-state index in [1.807, 2.05) is 0 Å². The van der Waals surface area contributed by atoms with E-state index in [1.54, 1.807) is 0 Å². The topological polar surface area (TPSA) is 56.8 Å². The number of morpholine rings is 1. The van der Waals surface area contributed by atoms with Gasteiger partial charge in [-0.3, -0.25) is 4.90 Å². The number of urea groups is 1. The molecule has 2 N–H and O–H groups in total. The normalized spacial score (nSPS) is 21.7. The number of rotatable bonds is 9. The van der Waals surface area contributed by atoms with Crippen LogP contribution in [0.5, 0.6) is 0 Å². The van der Waals surface area contributed by atoms with Crippen molar-refractivity contribution in [3.05, 3.63) is 0 Å². The first-order valence-corrected chi connectivity index (χ1v) is 10.7. The lowest BCUT2D eigenvalue weighted by Crippen LogP contribution is -2.53. The number of carbonyl (C=O) groups is 1. The maximum atomic E-state index is 12.2. The summed E-state index contributed by atoms with van der Waals surface area (Å²) in [6.45, 7) is 15.1. The molecule has 0 aromatic carbocycles. The Labute approximate surface area is 160 Å². The highest BCUT2D eigenvalue weighted by atomic mass is 16.5. The van der Waals surface area contributed by atoms with E-state index in [1.165, 1.54) is 12.8 Å². The van der Waals surface area contributed by atoms with Crippen LogP contribution in [0.4, 0.5) is 4.79 Å². The fraction of sp³-hybridized carbons (Fsp3) is 0.950. The van der Waals surface area contributed by atoms with Crippen LogP contribution in [0.15, 0.2) is 0 Å². The number of likely N-dealkylation sites (tertiary alicyclic amines) is 1. The van der Waals surface area contributed by atoms with Gasteiger partial charge in [-0.1, -0.05) is 33.6 Å². The highest BCUT2D eigenvalue weighted by Gasteiger charge is 2.27. The smallest absolute Gasteiger partial charge is 0.314 e. The Morgan fingerprint density at radius 3 is 2.35 bits per heavy atom. The molecule has 6 nitrogen and oxygen atoms in total. The van der Waals surface area contributed by atoms with Crippen LogP contribution in [0.2, 0.25) is 0 Å². The van der Waals surface area contributed by atoms with Crippen LogP contribution >= 0.6 is 0 Å². The Morgan fingerprint density at radius 1 is 1.08 bits per heavy atom. The second-order valence-corrected chi connectivity index (χ2v) is 7.95. The molecule has 2 aliphatic rings. The molecular formula is C20H40N4O2. The first kappa shape index (κ1) is 21.5. The minimum Gasteiger partial charge on any atom is -0.379 e. The fourth-order valence-corrected chi connectivity index (χ4v) is 4.21. The van der Waals surface area contributed by atoms with Crippen molar-refractivity contribution >= 4 is 6.03 Å². The van der Waals surface area contributed by atoms with E-state index >= 15 is 0 Å². The Balaban J connectivity index is 1.69. The summed E-state index contributed by atoms with van der Waals surface area (Å²) in [5, 5.41) is 6.16. The lowest BCUT2D eigenvalue weighted by atomic mass is 9.92. The van der Waals surface area contributed by atoms with Crippen LogP contribution in [0, 0.1) is 11.8 Å². The molecule has 6 heteroatoms. The molecule has 1 unspecified atom stereocenters. The third-order valence-electron chi connectivity index (χ3n) is 6.17. The van der Waals surface area contributed by atoms with E-state index in [0.717, 1.165) is 77.8 Å². The molecular weight excluding hydrogens is 328 g/mol. The van der Waals surface area contributed by atoms with Gasteiger partial charge in [0.1, 0.15) is 0 Å². The van der Waals surface area contributed by atoms with Crippen molar-refractivity contribution in [2.45, 2.75) is 52.5 Å². The molecule has 2 amide bonds. The summed E-state index contributed by atoms with van der Waals surface area (Å²) in [7, 11) is 0. The Kier molecular flexibility index (Phi) is 9.72. The number of hydrogen-bond donors (Lipinski definition) is 2. The monoisotopic (exact) mass is 368 g/mol. The number of hydrogen-bond acceptors (Lipinski definition) is 4. The Morgan fingerprint density at radius 2 is 1.73 bits per heavy atom. The van der Waals surface area contributed by atoms with Gasteiger partial charge >= 0.3 is 6.03 Å². The van der Waals surface area contributed by atoms with Gasteiger partial charge in [0.15, 0.2) is 0 Å². The average molecular weight is 369 g/mol. The second-order valence-electron chi connectivity index (χ2n) is 7.95. The van der Waals surface area contributed by atoms with Crippen LogP contribution in [-0.4, -0.2) is 80.9 Å². The van der Waals surface area contributed by atoms with Gasteiger partial charge in [0.25, 0.3) is 0 Å². The number of nitrogens with one attached hydrogen (secondary N) is 2. The zero-order valence-corrected chi connectivity index (χ0v) is 17.1. The molecule has 0 aromatic rings. The Bertz CT molecular complexity index is 389. The zero-order valence-electron chi connectivity index (χ0n) is 17.1. The minimum absolute atomic E-state index is 0.0282. The summed E-state index contributed by atoms with van der Waals surface area (Å²) in [6.07, 6.45) is 4.86. The lowest BCUT2D eigenvalue weighted by molar-refractivity contribution is 0.00237. The van der Waals surface area contributed by atoms with Crippen molar-refractivity contribution < 1.29 is 9.53 Å². The minimum atomic E-state index is -0.0282. The standard InChI is InChI=1S/C20H40N4O2/c1-4-18(5-2)19(24-12-14-26-15-13-24)16-22-20(25)21-8-11-23-9-6-17(3)7-10-23/h17-19H,4-16H2,1-3H3,(H2,21,22,25). The van der Waals surface area contributed by atoms with Gasteiger partial charge in [0.05, 0.1) is 13.2 Å². The van der Waals surface area contributed by atoms with Crippen molar-refractivity contribution in [1.82, 2.24) is 20.4 Å². The number of carbonyl (C=O) groups excluding carboxylic acids is 1. The molecule has 2 rings (SSSR count). The number of nitrogens with zero attached hydrogens (tertiary/aromatic N) is 2. The van der Waals surface area contributed by atoms with Gasteiger partial charge in [0, 0.05) is 38.8 Å². The predicted octanol–water partition coefficient (Wildman–Crippen LogP) is 2.15. The van der Waals surface area contributed by atoms with E-state index in [-0.39, 0.29) is 6.03 Å². The molecule has 0 bridgehead atoms.